The summed E-state index contributed by atoms with van der Waals surface area (Å²) in [4.78, 5) is 11.6. The van der Waals surface area contributed by atoms with Crippen LogP contribution in [0.15, 0.2) is 11.5 Å². The van der Waals surface area contributed by atoms with Gasteiger partial charge in [0.2, 0.25) is 5.91 Å². The van der Waals surface area contributed by atoms with Gasteiger partial charge in [0, 0.05) is 17.9 Å². The Kier molecular flexibility index (Phi) is 3.87. The first-order valence-electron chi connectivity index (χ1n) is 4.90. The molecule has 1 rings (SSSR count). The largest absolute Gasteiger partial charge is 0.349 e. The summed E-state index contributed by atoms with van der Waals surface area (Å²) in [7, 11) is -3.11. The molecule has 15 heavy (non-hydrogen) atoms. The molecule has 3 N–H and O–H groups in total. The van der Waals surface area contributed by atoms with E-state index in [9.17, 15) is 13.2 Å². The number of nitrogens with one attached hydrogen (secondary N) is 1. The molecule has 6 heteroatoms. The molecule has 0 fully saturated rings. The van der Waals surface area contributed by atoms with E-state index >= 15 is 0 Å². The first-order chi connectivity index (χ1) is 6.98. The van der Waals surface area contributed by atoms with Gasteiger partial charge in [-0.2, -0.15) is 0 Å². The van der Waals surface area contributed by atoms with Gasteiger partial charge in [0.05, 0.1) is 11.8 Å². The maximum atomic E-state index is 11.6. The summed E-state index contributed by atoms with van der Waals surface area (Å²) in [5.74, 6) is -0.451. The Balaban J connectivity index is 2.51. The quantitative estimate of drug-likeness (QED) is 0.677. The van der Waals surface area contributed by atoms with Crippen LogP contribution in [0, 0.1) is 5.92 Å². The summed E-state index contributed by atoms with van der Waals surface area (Å²) in [6.45, 7) is 2.16. The van der Waals surface area contributed by atoms with Crippen LogP contribution in [-0.4, -0.2) is 32.7 Å². The van der Waals surface area contributed by atoms with Crippen LogP contribution in [0.3, 0.4) is 0 Å². The zero-order chi connectivity index (χ0) is 11.5. The van der Waals surface area contributed by atoms with Crippen molar-refractivity contribution in [3.8, 4) is 0 Å². The van der Waals surface area contributed by atoms with Gasteiger partial charge in [-0.15, -0.1) is 0 Å². The number of amides is 1. The van der Waals surface area contributed by atoms with Crippen LogP contribution in [0.4, 0.5) is 0 Å². The van der Waals surface area contributed by atoms with Gasteiger partial charge >= 0.3 is 0 Å². The van der Waals surface area contributed by atoms with Crippen LogP contribution in [-0.2, 0) is 14.6 Å². The van der Waals surface area contributed by atoms with E-state index in [0.717, 1.165) is 5.41 Å². The minimum absolute atomic E-state index is 0.0419. The third-order valence-corrected chi connectivity index (χ3v) is 3.80. The first-order valence-corrected chi connectivity index (χ1v) is 6.61. The van der Waals surface area contributed by atoms with Crippen molar-refractivity contribution in [2.45, 2.75) is 19.4 Å². The topological polar surface area (TPSA) is 89.3 Å². The molecule has 0 aliphatic carbocycles. The molecule has 0 spiro atoms. The summed E-state index contributed by atoms with van der Waals surface area (Å²) >= 11 is 0. The molecular formula is C9H16N2O3S. The molecule has 0 saturated carbocycles. The number of carbonyl (C=O) groups excluding carboxylic acids is 1. The molecule has 0 aromatic heterocycles. The highest BCUT2D eigenvalue weighted by Crippen LogP contribution is 2.09. The summed E-state index contributed by atoms with van der Waals surface area (Å²) in [5, 5.41) is 3.79. The van der Waals surface area contributed by atoms with Gasteiger partial charge in [-0.3, -0.25) is 4.79 Å². The van der Waals surface area contributed by atoms with E-state index in [1.165, 1.54) is 6.08 Å². The third kappa shape index (κ3) is 3.32. The van der Waals surface area contributed by atoms with Crippen molar-refractivity contribution >= 4 is 15.7 Å². The van der Waals surface area contributed by atoms with Gasteiger partial charge in [-0.1, -0.05) is 6.92 Å². The summed E-state index contributed by atoms with van der Waals surface area (Å²) in [6.07, 6.45) is 2.15. The summed E-state index contributed by atoms with van der Waals surface area (Å²) in [6, 6.07) is -0.400. The second kappa shape index (κ2) is 4.76. The predicted octanol–water partition coefficient (Wildman–Crippen LogP) is -0.602. The van der Waals surface area contributed by atoms with Crippen LogP contribution < -0.4 is 11.1 Å². The average Bonchev–Trinajstić information content (AvgIpc) is 2.47. The van der Waals surface area contributed by atoms with E-state index < -0.39 is 15.9 Å². The maximum Gasteiger partial charge on any atom is 0.224 e. The monoisotopic (exact) mass is 232 g/mol. The highest BCUT2D eigenvalue weighted by Gasteiger charge is 2.25. The zero-order valence-electron chi connectivity index (χ0n) is 8.64. The van der Waals surface area contributed by atoms with E-state index in [0.29, 0.717) is 6.42 Å². The van der Waals surface area contributed by atoms with Gasteiger partial charge < -0.3 is 11.1 Å². The molecule has 2 atom stereocenters. The smallest absolute Gasteiger partial charge is 0.224 e. The molecule has 2 unspecified atom stereocenters. The first kappa shape index (κ1) is 12.2. The molecule has 5 nitrogen and oxygen atoms in total. The Labute approximate surface area is 89.6 Å². The molecule has 1 aliphatic heterocycles. The molecule has 0 bridgehead atoms. The number of sulfone groups is 1. The third-order valence-electron chi connectivity index (χ3n) is 2.41. The molecular weight excluding hydrogens is 216 g/mol. The standard InChI is InChI=1S/C9H16N2O3S/c1-2-7(5-10)9(12)11-8-3-4-15(13,14)6-8/h3-4,7-8H,2,5-6,10H2,1H3,(H,11,12). The van der Waals surface area contributed by atoms with Crippen molar-refractivity contribution in [1.29, 1.82) is 0 Å². The molecule has 86 valence electrons. The number of carbonyl (C=O) groups is 1. The minimum atomic E-state index is -3.11. The Morgan fingerprint density at radius 1 is 1.67 bits per heavy atom. The highest BCUT2D eigenvalue weighted by molar-refractivity contribution is 7.94. The van der Waals surface area contributed by atoms with Crippen molar-refractivity contribution in [2.24, 2.45) is 11.7 Å². The van der Waals surface area contributed by atoms with Crippen LogP contribution in [0.1, 0.15) is 13.3 Å². The second-order valence-corrected chi connectivity index (χ2v) is 5.55. The Hall–Kier alpha value is -0.880. The van der Waals surface area contributed by atoms with Crippen molar-refractivity contribution in [3.05, 3.63) is 11.5 Å². The van der Waals surface area contributed by atoms with E-state index in [4.69, 9.17) is 5.73 Å². The van der Waals surface area contributed by atoms with E-state index in [2.05, 4.69) is 5.32 Å². The van der Waals surface area contributed by atoms with Crippen molar-refractivity contribution < 1.29 is 13.2 Å². The molecule has 1 aliphatic rings. The fourth-order valence-electron chi connectivity index (χ4n) is 1.43. The molecule has 1 amide bonds. The van der Waals surface area contributed by atoms with E-state index in [1.807, 2.05) is 6.92 Å². The maximum absolute atomic E-state index is 11.6. The second-order valence-electron chi connectivity index (χ2n) is 3.61. The Bertz CT molecular complexity index is 358. The van der Waals surface area contributed by atoms with Crippen molar-refractivity contribution in [3.63, 3.8) is 0 Å². The predicted molar refractivity (Wildman–Crippen MR) is 57.7 cm³/mol. The Morgan fingerprint density at radius 3 is 2.73 bits per heavy atom. The minimum Gasteiger partial charge on any atom is -0.349 e. The highest BCUT2D eigenvalue weighted by atomic mass is 32.2. The van der Waals surface area contributed by atoms with E-state index in [1.54, 1.807) is 0 Å². The summed E-state index contributed by atoms with van der Waals surface area (Å²) < 4.78 is 22.1. The SMILES string of the molecule is CCC(CN)C(=O)NC1C=CS(=O)(=O)C1. The van der Waals surface area contributed by atoms with Crippen molar-refractivity contribution in [1.82, 2.24) is 5.32 Å². The number of rotatable bonds is 4. The molecule has 0 radical (unpaired) electrons. The van der Waals surface area contributed by atoms with Gasteiger partial charge in [-0.05, 0) is 12.5 Å². The number of hydrogen-bond donors (Lipinski definition) is 2. The molecule has 1 heterocycles. The zero-order valence-corrected chi connectivity index (χ0v) is 9.46. The molecule has 0 saturated heterocycles. The lowest BCUT2D eigenvalue weighted by Crippen LogP contribution is -2.41. The van der Waals surface area contributed by atoms with Crippen LogP contribution >= 0.6 is 0 Å². The van der Waals surface area contributed by atoms with Gasteiger partial charge in [0.1, 0.15) is 0 Å². The lowest BCUT2D eigenvalue weighted by Gasteiger charge is -2.15. The Morgan fingerprint density at radius 2 is 2.33 bits per heavy atom. The fraction of sp³-hybridized carbons (Fsp3) is 0.667. The van der Waals surface area contributed by atoms with Gasteiger partial charge in [0.25, 0.3) is 0 Å². The van der Waals surface area contributed by atoms with Gasteiger partial charge in [-0.25, -0.2) is 8.42 Å². The molecule has 0 aromatic rings. The normalized spacial score (nSPS) is 25.1. The lowest BCUT2D eigenvalue weighted by molar-refractivity contribution is -0.125. The van der Waals surface area contributed by atoms with Crippen LogP contribution in [0.5, 0.6) is 0 Å². The van der Waals surface area contributed by atoms with E-state index in [-0.39, 0.29) is 24.1 Å². The molecule has 0 aromatic carbocycles. The number of nitrogens with two attached hydrogens (primary N) is 1. The van der Waals surface area contributed by atoms with Crippen LogP contribution in [0.2, 0.25) is 0 Å². The fourth-order valence-corrected chi connectivity index (χ4v) is 2.66. The summed E-state index contributed by atoms with van der Waals surface area (Å²) in [5.41, 5.74) is 5.41. The number of hydrogen-bond acceptors (Lipinski definition) is 4. The van der Waals surface area contributed by atoms with Gasteiger partial charge in [0.15, 0.2) is 9.84 Å². The average molecular weight is 232 g/mol. The lowest BCUT2D eigenvalue weighted by atomic mass is 10.1. The van der Waals surface area contributed by atoms with Crippen molar-refractivity contribution in [2.75, 3.05) is 12.3 Å². The van der Waals surface area contributed by atoms with Crippen LogP contribution in [0.25, 0.3) is 0 Å².